The third-order valence-corrected chi connectivity index (χ3v) is 4.43. The number of para-hydroxylation sites is 1. The molecule has 0 saturated heterocycles. The maximum Gasteiger partial charge on any atom is 0.254 e. The largest absolute Gasteiger partial charge is 0.363 e. The first-order chi connectivity index (χ1) is 12.3. The molecule has 5 nitrogen and oxygen atoms in total. The topological polar surface area (TPSA) is 56.2 Å². The lowest BCUT2D eigenvalue weighted by molar-refractivity contribution is -0.134. The molecule has 4 rings (SSSR count). The van der Waals surface area contributed by atoms with Crippen molar-refractivity contribution in [2.75, 3.05) is 6.61 Å². The van der Waals surface area contributed by atoms with Gasteiger partial charge in [0, 0.05) is 18.9 Å². The lowest BCUT2D eigenvalue weighted by atomic mass is 9.97. The third kappa shape index (κ3) is 3.19. The van der Waals surface area contributed by atoms with E-state index in [1.807, 2.05) is 54.7 Å². The van der Waals surface area contributed by atoms with E-state index in [1.165, 1.54) is 5.56 Å². The molecule has 1 atom stereocenters. The summed E-state index contributed by atoms with van der Waals surface area (Å²) in [6, 6.07) is 17.8. The van der Waals surface area contributed by atoms with Gasteiger partial charge in [0.2, 0.25) is 0 Å². The van der Waals surface area contributed by atoms with Crippen molar-refractivity contribution in [2.45, 2.75) is 19.1 Å². The Morgan fingerprint density at radius 1 is 1.16 bits per heavy atom. The fraction of sp³-hybridized carbons (Fsp3) is 0.200. The quantitative estimate of drug-likeness (QED) is 0.799. The van der Waals surface area contributed by atoms with Gasteiger partial charge in [-0.25, -0.2) is 4.68 Å². The van der Waals surface area contributed by atoms with Gasteiger partial charge in [-0.1, -0.05) is 42.5 Å². The molecule has 0 fully saturated rings. The summed E-state index contributed by atoms with van der Waals surface area (Å²) in [6.45, 7) is 0.996. The van der Waals surface area contributed by atoms with Crippen LogP contribution in [-0.2, 0) is 22.5 Å². The van der Waals surface area contributed by atoms with Gasteiger partial charge in [0.15, 0.2) is 6.10 Å². The number of rotatable bonds is 4. The van der Waals surface area contributed by atoms with Crippen LogP contribution < -0.4 is 5.32 Å². The van der Waals surface area contributed by atoms with Crippen molar-refractivity contribution in [1.29, 1.82) is 0 Å². The van der Waals surface area contributed by atoms with Gasteiger partial charge in [-0.15, -0.1) is 0 Å². The first-order valence-electron chi connectivity index (χ1n) is 8.38. The van der Waals surface area contributed by atoms with E-state index in [9.17, 15) is 4.79 Å². The number of fused-ring (bicyclic) bond motifs is 1. The second-order valence-corrected chi connectivity index (χ2v) is 6.00. The minimum absolute atomic E-state index is 0.109. The van der Waals surface area contributed by atoms with E-state index < -0.39 is 6.10 Å². The van der Waals surface area contributed by atoms with Crippen LogP contribution in [0.15, 0.2) is 67.0 Å². The minimum Gasteiger partial charge on any atom is -0.363 e. The number of aromatic nitrogens is 2. The van der Waals surface area contributed by atoms with Gasteiger partial charge in [-0.3, -0.25) is 4.79 Å². The fourth-order valence-corrected chi connectivity index (χ4v) is 3.18. The number of hydrogen-bond donors (Lipinski definition) is 1. The maximum absolute atomic E-state index is 12.7. The summed E-state index contributed by atoms with van der Waals surface area (Å²) in [7, 11) is 0. The zero-order valence-electron chi connectivity index (χ0n) is 13.8. The minimum atomic E-state index is -0.540. The Labute approximate surface area is 146 Å². The van der Waals surface area contributed by atoms with Gasteiger partial charge in [0.05, 0.1) is 12.3 Å². The van der Waals surface area contributed by atoms with Crippen LogP contribution in [-0.4, -0.2) is 22.3 Å². The smallest absolute Gasteiger partial charge is 0.254 e. The van der Waals surface area contributed by atoms with E-state index >= 15 is 0 Å². The average molecular weight is 333 g/mol. The van der Waals surface area contributed by atoms with E-state index in [1.54, 1.807) is 10.9 Å². The van der Waals surface area contributed by atoms with Crippen LogP contribution in [0, 0.1) is 0 Å². The molecular weight excluding hydrogens is 314 g/mol. The van der Waals surface area contributed by atoms with Crippen LogP contribution in [0.5, 0.6) is 0 Å². The van der Waals surface area contributed by atoms with Crippen LogP contribution in [0.1, 0.15) is 22.8 Å². The van der Waals surface area contributed by atoms with Gasteiger partial charge in [0.1, 0.15) is 0 Å². The third-order valence-electron chi connectivity index (χ3n) is 4.43. The van der Waals surface area contributed by atoms with Crippen LogP contribution in [0.3, 0.4) is 0 Å². The number of ether oxygens (including phenoxy) is 1. The van der Waals surface area contributed by atoms with Crippen molar-refractivity contribution in [3.05, 3.63) is 83.7 Å². The zero-order valence-corrected chi connectivity index (χ0v) is 13.8. The highest BCUT2D eigenvalue weighted by atomic mass is 16.5. The van der Waals surface area contributed by atoms with Gasteiger partial charge in [-0.2, -0.15) is 5.10 Å². The number of amides is 1. The predicted octanol–water partition coefficient (Wildman–Crippen LogP) is 2.80. The monoisotopic (exact) mass is 333 g/mol. The van der Waals surface area contributed by atoms with Crippen LogP contribution in [0.4, 0.5) is 0 Å². The molecule has 1 aliphatic heterocycles. The molecule has 1 aliphatic rings. The van der Waals surface area contributed by atoms with Gasteiger partial charge in [0.25, 0.3) is 5.91 Å². The van der Waals surface area contributed by atoms with E-state index in [0.717, 1.165) is 23.2 Å². The van der Waals surface area contributed by atoms with E-state index in [4.69, 9.17) is 4.74 Å². The van der Waals surface area contributed by atoms with Crippen molar-refractivity contribution >= 4 is 5.91 Å². The Morgan fingerprint density at radius 2 is 2.00 bits per heavy atom. The number of benzene rings is 2. The summed E-state index contributed by atoms with van der Waals surface area (Å²) in [5.41, 5.74) is 4.11. The zero-order chi connectivity index (χ0) is 17.1. The number of carbonyl (C=O) groups excluding carboxylic acids is 1. The summed E-state index contributed by atoms with van der Waals surface area (Å²) < 4.78 is 7.53. The highest BCUT2D eigenvalue weighted by molar-refractivity contribution is 5.83. The molecule has 0 radical (unpaired) electrons. The molecule has 126 valence electrons. The standard InChI is InChI=1S/C20H19N3O2/c24-20(19-17-8-3-1-6-15(17)10-13-25-19)21-14-16-7-2-4-9-18(16)23-12-5-11-22-23/h1-9,11-12,19H,10,13-14H2,(H,21,24). The molecule has 0 bridgehead atoms. The normalized spacial score (nSPS) is 16.2. The predicted molar refractivity (Wildman–Crippen MR) is 94.2 cm³/mol. The molecule has 2 aromatic carbocycles. The van der Waals surface area contributed by atoms with Crippen LogP contribution in [0.2, 0.25) is 0 Å². The number of carbonyl (C=O) groups is 1. The lowest BCUT2D eigenvalue weighted by Crippen LogP contribution is -2.33. The second kappa shape index (κ2) is 6.91. The van der Waals surface area contributed by atoms with E-state index in [-0.39, 0.29) is 5.91 Å². The Bertz CT molecular complexity index is 874. The van der Waals surface area contributed by atoms with Crippen molar-refractivity contribution in [1.82, 2.24) is 15.1 Å². The van der Waals surface area contributed by atoms with Crippen molar-refractivity contribution in [2.24, 2.45) is 0 Å². The summed E-state index contributed by atoms with van der Waals surface area (Å²) >= 11 is 0. The van der Waals surface area contributed by atoms with Gasteiger partial charge in [-0.05, 0) is 35.2 Å². The molecule has 1 N–H and O–H groups in total. The Hall–Kier alpha value is -2.92. The molecule has 25 heavy (non-hydrogen) atoms. The van der Waals surface area contributed by atoms with Crippen LogP contribution in [0.25, 0.3) is 5.69 Å². The molecule has 3 aromatic rings. The van der Waals surface area contributed by atoms with Gasteiger partial charge >= 0.3 is 0 Å². The summed E-state index contributed by atoms with van der Waals surface area (Å²) in [6.07, 6.45) is 3.94. The first kappa shape index (κ1) is 15.6. The molecule has 5 heteroatoms. The highest BCUT2D eigenvalue weighted by Crippen LogP contribution is 2.27. The summed E-state index contributed by atoms with van der Waals surface area (Å²) in [5, 5.41) is 7.28. The SMILES string of the molecule is O=C(NCc1ccccc1-n1cccn1)C1OCCc2ccccc21. The average Bonchev–Trinajstić information content (AvgIpc) is 3.20. The van der Waals surface area contributed by atoms with Gasteiger partial charge < -0.3 is 10.1 Å². The van der Waals surface area contributed by atoms with Crippen molar-refractivity contribution < 1.29 is 9.53 Å². The molecule has 1 aromatic heterocycles. The van der Waals surface area contributed by atoms with Crippen molar-refractivity contribution in [3.63, 3.8) is 0 Å². The second-order valence-electron chi connectivity index (χ2n) is 6.00. The number of nitrogens with zero attached hydrogens (tertiary/aromatic N) is 2. The van der Waals surface area contributed by atoms with Crippen molar-refractivity contribution in [3.8, 4) is 5.69 Å². The Balaban J connectivity index is 1.51. The molecule has 1 unspecified atom stereocenters. The maximum atomic E-state index is 12.7. The highest BCUT2D eigenvalue weighted by Gasteiger charge is 2.26. The van der Waals surface area contributed by atoms with E-state index in [0.29, 0.717) is 13.2 Å². The summed E-state index contributed by atoms with van der Waals surface area (Å²) in [4.78, 5) is 12.7. The molecule has 0 saturated carbocycles. The Kier molecular flexibility index (Phi) is 4.31. The molecular formula is C20H19N3O2. The molecule has 0 aliphatic carbocycles. The molecule has 1 amide bonds. The Morgan fingerprint density at radius 3 is 2.88 bits per heavy atom. The molecule has 2 heterocycles. The lowest BCUT2D eigenvalue weighted by Gasteiger charge is -2.25. The fourth-order valence-electron chi connectivity index (χ4n) is 3.18. The number of nitrogens with one attached hydrogen (secondary N) is 1. The number of hydrogen-bond acceptors (Lipinski definition) is 3. The first-order valence-corrected chi connectivity index (χ1v) is 8.38. The van der Waals surface area contributed by atoms with E-state index in [2.05, 4.69) is 16.5 Å². The summed E-state index contributed by atoms with van der Waals surface area (Å²) in [5.74, 6) is -0.109. The van der Waals surface area contributed by atoms with Crippen LogP contribution >= 0.6 is 0 Å². The molecule has 0 spiro atoms.